The number of esters is 1. The van der Waals surface area contributed by atoms with Gasteiger partial charge in [0.15, 0.2) is 0 Å². The van der Waals surface area contributed by atoms with E-state index in [2.05, 4.69) is 15.3 Å². The van der Waals surface area contributed by atoms with Crippen molar-refractivity contribution in [1.29, 1.82) is 0 Å². The molecule has 5 nitrogen and oxygen atoms in total. The summed E-state index contributed by atoms with van der Waals surface area (Å²) in [6.07, 6.45) is 0. The average Bonchev–Trinajstić information content (AvgIpc) is 2.68. The molecule has 0 spiro atoms. The van der Waals surface area contributed by atoms with Crippen molar-refractivity contribution in [2.24, 2.45) is 5.92 Å². The van der Waals surface area contributed by atoms with Crippen LogP contribution in [0.15, 0.2) is 54.6 Å². The molecule has 3 rings (SSSR count). The van der Waals surface area contributed by atoms with Gasteiger partial charge < -0.3 is 10.1 Å². The van der Waals surface area contributed by atoms with E-state index in [0.717, 1.165) is 22.2 Å². The zero-order chi connectivity index (χ0) is 18.5. The van der Waals surface area contributed by atoms with Crippen LogP contribution in [0.5, 0.6) is 0 Å². The van der Waals surface area contributed by atoms with Gasteiger partial charge in [0.05, 0.1) is 25.1 Å². The second-order valence-corrected chi connectivity index (χ2v) is 6.32. The number of aryl methyl sites for hydroxylation is 1. The van der Waals surface area contributed by atoms with E-state index >= 15 is 0 Å². The van der Waals surface area contributed by atoms with Gasteiger partial charge in [-0.1, -0.05) is 55.5 Å². The van der Waals surface area contributed by atoms with Crippen molar-refractivity contribution in [3.05, 3.63) is 71.7 Å². The molecule has 0 saturated carbocycles. The Kier molecular flexibility index (Phi) is 5.58. The van der Waals surface area contributed by atoms with Crippen LogP contribution in [0, 0.1) is 12.8 Å². The lowest BCUT2D eigenvalue weighted by Gasteiger charge is -2.24. The molecular weight excluding hydrogens is 326 g/mol. The van der Waals surface area contributed by atoms with Gasteiger partial charge in [-0.25, -0.2) is 9.97 Å². The molecule has 0 bridgehead atoms. The van der Waals surface area contributed by atoms with Crippen LogP contribution in [-0.4, -0.2) is 23.0 Å². The van der Waals surface area contributed by atoms with E-state index < -0.39 is 0 Å². The summed E-state index contributed by atoms with van der Waals surface area (Å²) in [6.45, 7) is 4.31. The van der Waals surface area contributed by atoms with Crippen molar-refractivity contribution in [2.45, 2.75) is 26.4 Å². The number of para-hydroxylation sites is 1. The lowest BCUT2D eigenvalue weighted by Crippen LogP contribution is -2.32. The third-order valence-corrected chi connectivity index (χ3v) is 4.55. The first-order valence-electron chi connectivity index (χ1n) is 8.68. The molecule has 0 aliphatic heterocycles. The van der Waals surface area contributed by atoms with Crippen LogP contribution in [0.25, 0.3) is 10.9 Å². The molecule has 2 atom stereocenters. The summed E-state index contributed by atoms with van der Waals surface area (Å²) in [5, 5.41) is 4.49. The predicted molar refractivity (Wildman–Crippen MR) is 101 cm³/mol. The minimum absolute atomic E-state index is 0.181. The van der Waals surface area contributed by atoms with Gasteiger partial charge in [-0.3, -0.25) is 4.79 Å². The summed E-state index contributed by atoms with van der Waals surface area (Å²) in [6, 6.07) is 17.7. The Morgan fingerprint density at radius 2 is 1.77 bits per heavy atom. The first kappa shape index (κ1) is 18.0. The standard InChI is InChI=1S/C21H23N3O2/c1-14(21(25)26-3)20(16-9-5-4-6-10-16)22-13-19-23-15(2)17-11-7-8-12-18(17)24-19/h4-12,14,20,22H,13H2,1-3H3/t14-,20+/m1/s1. The molecule has 0 amide bonds. The van der Waals surface area contributed by atoms with Gasteiger partial charge in [0, 0.05) is 17.1 Å². The number of aromatic nitrogens is 2. The molecule has 26 heavy (non-hydrogen) atoms. The number of hydrogen-bond acceptors (Lipinski definition) is 5. The van der Waals surface area contributed by atoms with E-state index in [1.54, 1.807) is 0 Å². The van der Waals surface area contributed by atoms with E-state index in [-0.39, 0.29) is 17.9 Å². The molecule has 0 aliphatic rings. The number of hydrogen-bond donors (Lipinski definition) is 1. The zero-order valence-corrected chi connectivity index (χ0v) is 15.3. The van der Waals surface area contributed by atoms with E-state index in [1.807, 2.05) is 68.4 Å². The van der Waals surface area contributed by atoms with Crippen LogP contribution >= 0.6 is 0 Å². The molecule has 2 aromatic carbocycles. The Bertz CT molecular complexity index is 896. The Balaban J connectivity index is 1.85. The molecule has 0 saturated heterocycles. The van der Waals surface area contributed by atoms with Crippen molar-refractivity contribution in [1.82, 2.24) is 15.3 Å². The van der Waals surface area contributed by atoms with Crippen LogP contribution in [0.2, 0.25) is 0 Å². The van der Waals surface area contributed by atoms with Crippen LogP contribution in [-0.2, 0) is 16.1 Å². The highest BCUT2D eigenvalue weighted by molar-refractivity contribution is 5.80. The highest BCUT2D eigenvalue weighted by Crippen LogP contribution is 2.23. The highest BCUT2D eigenvalue weighted by atomic mass is 16.5. The molecule has 0 unspecified atom stereocenters. The Labute approximate surface area is 153 Å². The number of nitrogens with one attached hydrogen (secondary N) is 1. The van der Waals surface area contributed by atoms with Gasteiger partial charge in [0.2, 0.25) is 0 Å². The van der Waals surface area contributed by atoms with Crippen molar-refractivity contribution in [2.75, 3.05) is 7.11 Å². The number of methoxy groups -OCH3 is 1. The maximum absolute atomic E-state index is 12.1. The second kappa shape index (κ2) is 8.06. The van der Waals surface area contributed by atoms with Gasteiger partial charge in [-0.05, 0) is 18.6 Å². The quantitative estimate of drug-likeness (QED) is 0.689. The Hall–Kier alpha value is -2.79. The molecule has 1 heterocycles. The minimum Gasteiger partial charge on any atom is -0.469 e. The number of nitrogens with zero attached hydrogens (tertiary/aromatic N) is 2. The van der Waals surface area contributed by atoms with Crippen molar-refractivity contribution >= 4 is 16.9 Å². The van der Waals surface area contributed by atoms with E-state index in [0.29, 0.717) is 12.4 Å². The van der Waals surface area contributed by atoms with E-state index in [9.17, 15) is 4.79 Å². The number of benzene rings is 2. The molecule has 5 heteroatoms. The first-order valence-corrected chi connectivity index (χ1v) is 8.68. The smallest absolute Gasteiger partial charge is 0.310 e. The molecular formula is C21H23N3O2. The SMILES string of the molecule is COC(=O)[C@H](C)[C@H](NCc1nc(C)c2ccccc2n1)c1ccccc1. The van der Waals surface area contributed by atoms with Crippen LogP contribution in [0.1, 0.15) is 30.0 Å². The van der Waals surface area contributed by atoms with Crippen LogP contribution in [0.4, 0.5) is 0 Å². The number of fused-ring (bicyclic) bond motifs is 1. The third-order valence-electron chi connectivity index (χ3n) is 4.55. The van der Waals surface area contributed by atoms with Gasteiger partial charge in [-0.2, -0.15) is 0 Å². The van der Waals surface area contributed by atoms with Crippen LogP contribution in [0.3, 0.4) is 0 Å². The summed E-state index contributed by atoms with van der Waals surface area (Å²) in [7, 11) is 1.41. The maximum Gasteiger partial charge on any atom is 0.310 e. The van der Waals surface area contributed by atoms with E-state index in [1.165, 1.54) is 7.11 Å². The topological polar surface area (TPSA) is 64.1 Å². The number of carbonyl (C=O) groups is 1. The zero-order valence-electron chi connectivity index (χ0n) is 15.3. The fourth-order valence-electron chi connectivity index (χ4n) is 3.14. The molecule has 134 valence electrons. The Morgan fingerprint density at radius 3 is 2.50 bits per heavy atom. The second-order valence-electron chi connectivity index (χ2n) is 6.32. The molecule has 0 fully saturated rings. The summed E-state index contributed by atoms with van der Waals surface area (Å²) in [5.41, 5.74) is 2.90. The van der Waals surface area contributed by atoms with Crippen molar-refractivity contribution in [3.8, 4) is 0 Å². The summed E-state index contributed by atoms with van der Waals surface area (Å²) < 4.78 is 4.93. The molecule has 0 aliphatic carbocycles. The monoisotopic (exact) mass is 349 g/mol. The fraction of sp³-hybridized carbons (Fsp3) is 0.286. The average molecular weight is 349 g/mol. The Morgan fingerprint density at radius 1 is 1.08 bits per heavy atom. The fourth-order valence-corrected chi connectivity index (χ4v) is 3.14. The number of carbonyl (C=O) groups excluding carboxylic acids is 1. The molecule has 0 radical (unpaired) electrons. The molecule has 1 N–H and O–H groups in total. The minimum atomic E-state index is -0.330. The lowest BCUT2D eigenvalue weighted by atomic mass is 9.94. The van der Waals surface area contributed by atoms with E-state index in [4.69, 9.17) is 4.74 Å². The number of ether oxygens (including phenoxy) is 1. The first-order chi connectivity index (χ1) is 12.6. The third kappa shape index (κ3) is 3.89. The van der Waals surface area contributed by atoms with Gasteiger partial charge in [-0.15, -0.1) is 0 Å². The lowest BCUT2D eigenvalue weighted by molar-refractivity contribution is -0.146. The molecule has 3 aromatic rings. The summed E-state index contributed by atoms with van der Waals surface area (Å²) >= 11 is 0. The van der Waals surface area contributed by atoms with Crippen molar-refractivity contribution < 1.29 is 9.53 Å². The normalized spacial score (nSPS) is 13.3. The van der Waals surface area contributed by atoms with Gasteiger partial charge in [0.1, 0.15) is 5.82 Å². The van der Waals surface area contributed by atoms with Crippen LogP contribution < -0.4 is 5.32 Å². The number of rotatable bonds is 6. The molecule has 1 aromatic heterocycles. The summed E-state index contributed by atoms with van der Waals surface area (Å²) in [4.78, 5) is 21.3. The predicted octanol–water partition coefficient (Wildman–Crippen LogP) is 3.58. The summed E-state index contributed by atoms with van der Waals surface area (Å²) in [5.74, 6) is 0.130. The maximum atomic E-state index is 12.1. The van der Waals surface area contributed by atoms with Crippen molar-refractivity contribution in [3.63, 3.8) is 0 Å². The van der Waals surface area contributed by atoms with Gasteiger partial charge >= 0.3 is 5.97 Å². The highest BCUT2D eigenvalue weighted by Gasteiger charge is 2.26. The van der Waals surface area contributed by atoms with Gasteiger partial charge in [0.25, 0.3) is 0 Å². The largest absolute Gasteiger partial charge is 0.469 e.